The van der Waals surface area contributed by atoms with Crippen molar-refractivity contribution in [3.63, 3.8) is 0 Å². The van der Waals surface area contributed by atoms with Crippen molar-refractivity contribution in [1.29, 1.82) is 0 Å². The van der Waals surface area contributed by atoms with Gasteiger partial charge in [-0.1, -0.05) is 18.2 Å². The molecule has 152 valence electrons. The maximum absolute atomic E-state index is 13.0. The zero-order chi connectivity index (χ0) is 20.5. The monoisotopic (exact) mass is 404 g/mol. The topological polar surface area (TPSA) is 89.7 Å². The highest BCUT2D eigenvalue weighted by Crippen LogP contribution is 2.33. The number of para-hydroxylation sites is 1. The number of morpholine rings is 1. The maximum Gasteiger partial charge on any atom is 0.293 e. The van der Waals surface area contributed by atoms with Gasteiger partial charge in [0, 0.05) is 30.2 Å². The third kappa shape index (κ3) is 3.31. The van der Waals surface area contributed by atoms with E-state index in [-0.39, 0.29) is 5.82 Å². The molecular formula is C22H20N4O4. The molecule has 0 radical (unpaired) electrons. The number of fused-ring (bicyclic) bond motifs is 3. The van der Waals surface area contributed by atoms with E-state index in [1.807, 2.05) is 30.3 Å². The third-order valence-corrected chi connectivity index (χ3v) is 5.04. The molecule has 30 heavy (non-hydrogen) atoms. The second-order valence-corrected chi connectivity index (χ2v) is 6.93. The number of furan rings is 1. The van der Waals surface area contributed by atoms with E-state index in [4.69, 9.17) is 13.9 Å². The number of anilines is 2. The van der Waals surface area contributed by atoms with Crippen molar-refractivity contribution in [2.45, 2.75) is 0 Å². The smallest absolute Gasteiger partial charge is 0.293 e. The molecule has 0 saturated carbocycles. The number of hydrogen-bond acceptors (Lipinski definition) is 7. The number of carbonyl (C=O) groups excluding carboxylic acids is 1. The number of nitrogens with zero attached hydrogens (tertiary/aromatic N) is 3. The summed E-state index contributed by atoms with van der Waals surface area (Å²) in [5.41, 5.74) is 2.52. The molecule has 3 heterocycles. The van der Waals surface area contributed by atoms with E-state index in [0.717, 1.165) is 5.39 Å². The van der Waals surface area contributed by atoms with Gasteiger partial charge < -0.3 is 24.1 Å². The molecule has 1 fully saturated rings. The highest BCUT2D eigenvalue weighted by atomic mass is 16.5. The first-order valence-corrected chi connectivity index (χ1v) is 9.70. The number of hydrogen-bond donors (Lipinski definition) is 1. The summed E-state index contributed by atoms with van der Waals surface area (Å²) in [7, 11) is 1.58. The molecule has 5 rings (SSSR count). The van der Waals surface area contributed by atoms with Crippen molar-refractivity contribution in [3.8, 4) is 5.75 Å². The van der Waals surface area contributed by atoms with E-state index in [9.17, 15) is 4.79 Å². The van der Waals surface area contributed by atoms with Crippen LogP contribution in [0, 0.1) is 0 Å². The summed E-state index contributed by atoms with van der Waals surface area (Å²) in [6, 6.07) is 14.8. The first-order chi connectivity index (χ1) is 14.7. The molecule has 1 N–H and O–H groups in total. The minimum Gasteiger partial charge on any atom is -0.497 e. The molecule has 4 aromatic rings. The summed E-state index contributed by atoms with van der Waals surface area (Å²) in [5.74, 6) is 0.942. The minimum absolute atomic E-state index is 0.0818. The molecule has 0 unspecified atom stereocenters. The van der Waals surface area contributed by atoms with Crippen LogP contribution in [0.5, 0.6) is 5.75 Å². The summed E-state index contributed by atoms with van der Waals surface area (Å²) in [6.07, 6.45) is 0. The van der Waals surface area contributed by atoms with Crippen molar-refractivity contribution in [3.05, 3.63) is 54.4 Å². The lowest BCUT2D eigenvalue weighted by Gasteiger charge is -2.27. The van der Waals surface area contributed by atoms with E-state index in [2.05, 4.69) is 20.2 Å². The number of benzene rings is 2. The van der Waals surface area contributed by atoms with Gasteiger partial charge >= 0.3 is 0 Å². The average Bonchev–Trinajstić information content (AvgIpc) is 3.18. The van der Waals surface area contributed by atoms with E-state index < -0.39 is 5.91 Å². The Kier molecular flexibility index (Phi) is 4.68. The molecule has 1 aliphatic heterocycles. The van der Waals surface area contributed by atoms with Crippen LogP contribution < -0.4 is 15.0 Å². The van der Waals surface area contributed by atoms with Gasteiger partial charge in [-0.2, -0.15) is 0 Å². The molecule has 1 saturated heterocycles. The average molecular weight is 404 g/mol. The Bertz CT molecular complexity index is 1230. The molecule has 0 aliphatic carbocycles. The lowest BCUT2D eigenvalue weighted by Crippen LogP contribution is -2.37. The van der Waals surface area contributed by atoms with Crippen LogP contribution >= 0.6 is 0 Å². The van der Waals surface area contributed by atoms with Crippen LogP contribution in [-0.4, -0.2) is 49.3 Å². The standard InChI is InChI=1S/C22H20N4O4/c1-28-15-6-4-5-14(13-15)23-22(27)20-24-18-16-7-2-3-8-17(16)30-19(18)21(25-20)26-9-11-29-12-10-26/h2-8,13H,9-12H2,1H3,(H,23,27). The summed E-state index contributed by atoms with van der Waals surface area (Å²) < 4.78 is 16.8. The quantitative estimate of drug-likeness (QED) is 0.557. The minimum atomic E-state index is -0.398. The van der Waals surface area contributed by atoms with E-state index in [0.29, 0.717) is 60.2 Å². The predicted molar refractivity (Wildman–Crippen MR) is 113 cm³/mol. The van der Waals surface area contributed by atoms with Gasteiger partial charge in [0.25, 0.3) is 5.91 Å². The van der Waals surface area contributed by atoms with E-state index >= 15 is 0 Å². The van der Waals surface area contributed by atoms with E-state index in [1.54, 1.807) is 25.3 Å². The Morgan fingerprint density at radius 2 is 1.93 bits per heavy atom. The highest BCUT2D eigenvalue weighted by Gasteiger charge is 2.24. The Balaban J connectivity index is 1.60. The van der Waals surface area contributed by atoms with Crippen LogP contribution in [0.1, 0.15) is 10.6 Å². The molecule has 8 nitrogen and oxygen atoms in total. The van der Waals surface area contributed by atoms with Gasteiger partial charge in [-0.05, 0) is 24.3 Å². The molecule has 1 aliphatic rings. The molecule has 2 aromatic heterocycles. The van der Waals surface area contributed by atoms with Crippen LogP contribution in [0.3, 0.4) is 0 Å². The Morgan fingerprint density at radius 3 is 2.77 bits per heavy atom. The lowest BCUT2D eigenvalue weighted by molar-refractivity contribution is 0.101. The van der Waals surface area contributed by atoms with Gasteiger partial charge in [0.1, 0.15) is 16.8 Å². The lowest BCUT2D eigenvalue weighted by atomic mass is 10.2. The SMILES string of the molecule is COc1cccc(NC(=O)c2nc(N3CCOCC3)c3oc4ccccc4c3n2)c1. The fourth-order valence-corrected chi connectivity index (χ4v) is 3.56. The number of nitrogens with one attached hydrogen (secondary N) is 1. The molecule has 8 heteroatoms. The fraction of sp³-hybridized carbons (Fsp3) is 0.227. The van der Waals surface area contributed by atoms with Crippen LogP contribution in [-0.2, 0) is 4.74 Å². The molecular weight excluding hydrogens is 384 g/mol. The number of aromatic nitrogens is 2. The molecule has 1 amide bonds. The molecule has 0 spiro atoms. The van der Waals surface area contributed by atoms with Crippen molar-refractivity contribution in [1.82, 2.24) is 9.97 Å². The summed E-state index contributed by atoms with van der Waals surface area (Å²) in [6.45, 7) is 2.52. The third-order valence-electron chi connectivity index (χ3n) is 5.04. The van der Waals surface area contributed by atoms with Crippen molar-refractivity contribution < 1.29 is 18.7 Å². The van der Waals surface area contributed by atoms with Crippen molar-refractivity contribution in [2.75, 3.05) is 43.6 Å². The molecule has 2 aromatic carbocycles. The van der Waals surface area contributed by atoms with E-state index in [1.165, 1.54) is 0 Å². The normalized spacial score (nSPS) is 14.2. The largest absolute Gasteiger partial charge is 0.497 e. The van der Waals surface area contributed by atoms with Crippen LogP contribution in [0.4, 0.5) is 11.5 Å². The second kappa shape index (κ2) is 7.64. The van der Waals surface area contributed by atoms with Gasteiger partial charge in [-0.15, -0.1) is 0 Å². The van der Waals surface area contributed by atoms with Crippen LogP contribution in [0.25, 0.3) is 22.1 Å². The van der Waals surface area contributed by atoms with Gasteiger partial charge in [0.15, 0.2) is 11.4 Å². The van der Waals surface area contributed by atoms with Crippen molar-refractivity contribution in [2.24, 2.45) is 0 Å². The number of amides is 1. The van der Waals surface area contributed by atoms with Gasteiger partial charge in [-0.25, -0.2) is 9.97 Å². The van der Waals surface area contributed by atoms with Crippen molar-refractivity contribution >= 4 is 39.5 Å². The number of rotatable bonds is 4. The fourth-order valence-electron chi connectivity index (χ4n) is 3.56. The first-order valence-electron chi connectivity index (χ1n) is 9.70. The number of methoxy groups -OCH3 is 1. The molecule has 0 bridgehead atoms. The predicted octanol–water partition coefficient (Wildman–Crippen LogP) is 3.47. The van der Waals surface area contributed by atoms with Crippen LogP contribution in [0.2, 0.25) is 0 Å². The Hall–Kier alpha value is -3.65. The Morgan fingerprint density at radius 1 is 1.10 bits per heavy atom. The van der Waals surface area contributed by atoms with Crippen LogP contribution in [0.15, 0.2) is 52.9 Å². The molecule has 0 atom stereocenters. The van der Waals surface area contributed by atoms with Gasteiger partial charge in [-0.3, -0.25) is 4.79 Å². The zero-order valence-corrected chi connectivity index (χ0v) is 16.4. The summed E-state index contributed by atoms with van der Waals surface area (Å²) in [5, 5.41) is 3.70. The van der Waals surface area contributed by atoms with Gasteiger partial charge in [0.2, 0.25) is 5.82 Å². The maximum atomic E-state index is 13.0. The highest BCUT2D eigenvalue weighted by molar-refractivity contribution is 6.09. The Labute approximate surface area is 172 Å². The number of ether oxygens (including phenoxy) is 2. The number of carbonyl (C=O) groups is 1. The summed E-state index contributed by atoms with van der Waals surface area (Å²) in [4.78, 5) is 24.2. The second-order valence-electron chi connectivity index (χ2n) is 6.93. The zero-order valence-electron chi connectivity index (χ0n) is 16.4. The summed E-state index contributed by atoms with van der Waals surface area (Å²) >= 11 is 0. The van der Waals surface area contributed by atoms with Gasteiger partial charge in [0.05, 0.1) is 20.3 Å². The first kappa shape index (κ1) is 18.4.